The second kappa shape index (κ2) is 12.2. The van der Waals surface area contributed by atoms with Crippen molar-refractivity contribution in [3.8, 4) is 6.07 Å². The van der Waals surface area contributed by atoms with Crippen LogP contribution in [0.4, 0.5) is 0 Å². The summed E-state index contributed by atoms with van der Waals surface area (Å²) in [6.45, 7) is 2.24. The number of hydrogen-bond acceptors (Lipinski definition) is 4. The zero-order valence-electron chi connectivity index (χ0n) is 23.3. The van der Waals surface area contributed by atoms with Gasteiger partial charge in [0.2, 0.25) is 5.91 Å². The molecule has 1 unspecified atom stereocenters. The van der Waals surface area contributed by atoms with Crippen molar-refractivity contribution in [3.63, 3.8) is 0 Å². The van der Waals surface area contributed by atoms with Crippen LogP contribution in [0.1, 0.15) is 48.4 Å². The first-order valence-electron chi connectivity index (χ1n) is 14.1. The molecule has 5 rings (SSSR count). The van der Waals surface area contributed by atoms with Gasteiger partial charge in [-0.3, -0.25) is 4.79 Å². The summed E-state index contributed by atoms with van der Waals surface area (Å²) in [7, 11) is 0. The number of rotatable bonds is 9. The Balaban J connectivity index is 1.65. The Bertz CT molecular complexity index is 1420. The fourth-order valence-electron chi connectivity index (χ4n) is 6.23. The molecule has 1 aliphatic rings. The van der Waals surface area contributed by atoms with Crippen LogP contribution >= 0.6 is 0 Å². The second-order valence-electron chi connectivity index (χ2n) is 10.6. The lowest BCUT2D eigenvalue weighted by Gasteiger charge is -2.47. The third-order valence-corrected chi connectivity index (χ3v) is 8.34. The number of carbonyl (C=O) groups is 2. The lowest BCUT2D eigenvalue weighted by Crippen LogP contribution is -2.57. The summed E-state index contributed by atoms with van der Waals surface area (Å²) in [5, 5.41) is 10.9. The van der Waals surface area contributed by atoms with Crippen LogP contribution < -0.4 is 0 Å². The number of nitriles is 1. The van der Waals surface area contributed by atoms with Crippen molar-refractivity contribution in [2.45, 2.75) is 43.1 Å². The van der Waals surface area contributed by atoms with E-state index in [1.54, 1.807) is 11.8 Å². The molecule has 1 atom stereocenters. The molecular formula is C36H34N2O3. The summed E-state index contributed by atoms with van der Waals surface area (Å²) >= 11 is 0. The van der Waals surface area contributed by atoms with Gasteiger partial charge in [0.25, 0.3) is 0 Å². The Hall–Kier alpha value is -4.69. The zero-order valence-corrected chi connectivity index (χ0v) is 23.3. The van der Waals surface area contributed by atoms with Gasteiger partial charge in [-0.25, -0.2) is 4.79 Å². The van der Waals surface area contributed by atoms with E-state index < -0.39 is 22.8 Å². The number of ether oxygens (including phenoxy) is 1. The van der Waals surface area contributed by atoms with E-state index in [9.17, 15) is 14.9 Å². The number of esters is 1. The Morgan fingerprint density at radius 3 is 1.76 bits per heavy atom. The SMILES string of the molecule is CCOC(=O)C(CC(C#N)(c1ccccc1)c1ccccc1)N1CC(c2ccccc2)(c2ccccc2)CCC1=O. The van der Waals surface area contributed by atoms with Gasteiger partial charge in [0, 0.05) is 24.8 Å². The van der Waals surface area contributed by atoms with Crippen LogP contribution in [-0.2, 0) is 25.2 Å². The Labute approximate surface area is 242 Å². The van der Waals surface area contributed by atoms with Crippen LogP contribution in [0.2, 0.25) is 0 Å². The minimum Gasteiger partial charge on any atom is -0.464 e. The van der Waals surface area contributed by atoms with Crippen molar-refractivity contribution in [1.82, 2.24) is 4.90 Å². The maximum atomic E-state index is 13.8. The van der Waals surface area contributed by atoms with E-state index >= 15 is 0 Å². The molecule has 5 nitrogen and oxygen atoms in total. The minimum atomic E-state index is -1.18. The first-order chi connectivity index (χ1) is 20.0. The zero-order chi connectivity index (χ0) is 28.7. The van der Waals surface area contributed by atoms with E-state index in [4.69, 9.17) is 4.74 Å². The summed E-state index contributed by atoms with van der Waals surface area (Å²) in [4.78, 5) is 29.3. The van der Waals surface area contributed by atoms with Crippen LogP contribution in [0.5, 0.6) is 0 Å². The molecule has 0 aliphatic carbocycles. The molecule has 1 heterocycles. The van der Waals surface area contributed by atoms with Gasteiger partial charge in [-0.15, -0.1) is 0 Å². The van der Waals surface area contributed by atoms with Gasteiger partial charge in [-0.1, -0.05) is 121 Å². The molecule has 0 aromatic heterocycles. The predicted octanol–water partition coefficient (Wildman–Crippen LogP) is 6.43. The quantitative estimate of drug-likeness (QED) is 0.229. The average Bonchev–Trinajstić information content (AvgIpc) is 3.04. The minimum absolute atomic E-state index is 0.0712. The topological polar surface area (TPSA) is 70.4 Å². The highest BCUT2D eigenvalue weighted by Crippen LogP contribution is 2.44. The van der Waals surface area contributed by atoms with E-state index in [2.05, 4.69) is 30.3 Å². The van der Waals surface area contributed by atoms with Gasteiger partial charge < -0.3 is 9.64 Å². The highest BCUT2D eigenvalue weighted by atomic mass is 16.5. The molecule has 4 aromatic rings. The largest absolute Gasteiger partial charge is 0.464 e. The van der Waals surface area contributed by atoms with Gasteiger partial charge in [0.1, 0.15) is 11.5 Å². The molecule has 1 amide bonds. The van der Waals surface area contributed by atoms with Crippen molar-refractivity contribution in [2.24, 2.45) is 0 Å². The summed E-state index contributed by atoms with van der Waals surface area (Å²) in [5.74, 6) is -0.609. The highest BCUT2D eigenvalue weighted by molar-refractivity contribution is 5.86. The fraction of sp³-hybridized carbons (Fsp3) is 0.250. The highest BCUT2D eigenvalue weighted by Gasteiger charge is 2.48. The summed E-state index contributed by atoms with van der Waals surface area (Å²) < 4.78 is 5.61. The summed E-state index contributed by atoms with van der Waals surface area (Å²) in [5.41, 5.74) is 2.01. The second-order valence-corrected chi connectivity index (χ2v) is 10.6. The number of piperidine rings is 1. The molecule has 41 heavy (non-hydrogen) atoms. The third kappa shape index (κ3) is 5.38. The van der Waals surface area contributed by atoms with Crippen molar-refractivity contribution >= 4 is 11.9 Å². The van der Waals surface area contributed by atoms with Gasteiger partial charge in [-0.05, 0) is 35.6 Å². The van der Waals surface area contributed by atoms with E-state index in [0.29, 0.717) is 13.0 Å². The molecule has 1 aliphatic heterocycles. The molecule has 0 radical (unpaired) electrons. The van der Waals surface area contributed by atoms with Crippen molar-refractivity contribution in [1.29, 1.82) is 5.26 Å². The average molecular weight is 543 g/mol. The van der Waals surface area contributed by atoms with Gasteiger partial charge in [0.15, 0.2) is 0 Å². The van der Waals surface area contributed by atoms with Crippen LogP contribution in [0, 0.1) is 11.3 Å². The number of hydrogen-bond donors (Lipinski definition) is 0. The number of carbonyl (C=O) groups excluding carboxylic acids is 2. The van der Waals surface area contributed by atoms with Crippen LogP contribution in [0.15, 0.2) is 121 Å². The Morgan fingerprint density at radius 2 is 1.32 bits per heavy atom. The Kier molecular flexibility index (Phi) is 8.31. The lowest BCUT2D eigenvalue weighted by atomic mass is 9.67. The molecule has 0 bridgehead atoms. The summed E-state index contributed by atoms with van der Waals surface area (Å²) in [6.07, 6.45) is 0.963. The van der Waals surface area contributed by atoms with E-state index in [-0.39, 0.29) is 25.4 Å². The normalized spacial score (nSPS) is 15.5. The van der Waals surface area contributed by atoms with Crippen LogP contribution in [-0.4, -0.2) is 36.0 Å². The molecule has 0 spiro atoms. The van der Waals surface area contributed by atoms with E-state index in [1.807, 2.05) is 97.1 Å². The maximum absolute atomic E-state index is 13.8. The predicted molar refractivity (Wildman–Crippen MR) is 159 cm³/mol. The molecular weight excluding hydrogens is 508 g/mol. The fourth-order valence-corrected chi connectivity index (χ4v) is 6.23. The Morgan fingerprint density at radius 1 is 0.854 bits per heavy atom. The van der Waals surface area contributed by atoms with E-state index in [1.165, 1.54) is 0 Å². The van der Waals surface area contributed by atoms with Gasteiger partial charge in [-0.2, -0.15) is 5.26 Å². The van der Waals surface area contributed by atoms with E-state index in [0.717, 1.165) is 22.3 Å². The van der Waals surface area contributed by atoms with Crippen molar-refractivity contribution in [2.75, 3.05) is 13.2 Å². The monoisotopic (exact) mass is 542 g/mol. The smallest absolute Gasteiger partial charge is 0.328 e. The standard InChI is InChI=1S/C36H34N2O3/c1-2-41-34(40)32(25-36(26-37,30-19-11-5-12-20-30)31-21-13-6-14-22-31)38-27-35(24-23-33(38)39,28-15-7-3-8-16-28)29-17-9-4-10-18-29/h3-22,32H,2,23-25,27H2,1H3. The third-order valence-electron chi connectivity index (χ3n) is 8.34. The number of benzene rings is 4. The van der Waals surface area contributed by atoms with Crippen LogP contribution in [0.3, 0.4) is 0 Å². The van der Waals surface area contributed by atoms with Crippen molar-refractivity contribution in [3.05, 3.63) is 144 Å². The molecule has 0 saturated carbocycles. The molecule has 4 aromatic carbocycles. The maximum Gasteiger partial charge on any atom is 0.328 e. The number of likely N-dealkylation sites (tertiary alicyclic amines) is 1. The first-order valence-corrected chi connectivity index (χ1v) is 14.1. The van der Waals surface area contributed by atoms with Gasteiger partial charge >= 0.3 is 5.97 Å². The molecule has 1 saturated heterocycles. The van der Waals surface area contributed by atoms with Crippen LogP contribution in [0.25, 0.3) is 0 Å². The first kappa shape index (κ1) is 27.9. The summed E-state index contributed by atoms with van der Waals surface area (Å²) in [6, 6.07) is 41.0. The molecule has 5 heteroatoms. The van der Waals surface area contributed by atoms with Gasteiger partial charge in [0.05, 0.1) is 12.7 Å². The number of amides is 1. The van der Waals surface area contributed by atoms with Crippen molar-refractivity contribution < 1.29 is 14.3 Å². The number of nitrogens with zero attached hydrogens (tertiary/aromatic N) is 2. The molecule has 1 fully saturated rings. The lowest BCUT2D eigenvalue weighted by molar-refractivity contribution is -0.157. The molecule has 206 valence electrons. The molecule has 0 N–H and O–H groups in total.